The highest BCUT2D eigenvalue weighted by atomic mass is 32.2. The van der Waals surface area contributed by atoms with Gasteiger partial charge in [-0.15, -0.1) is 0 Å². The fourth-order valence-electron chi connectivity index (χ4n) is 1.20. The lowest BCUT2D eigenvalue weighted by Gasteiger charge is -2.15. The summed E-state index contributed by atoms with van der Waals surface area (Å²) >= 11 is 4.69. The van der Waals surface area contributed by atoms with Crippen LogP contribution in [0.15, 0.2) is 0 Å². The van der Waals surface area contributed by atoms with Crippen molar-refractivity contribution in [2.45, 2.75) is 25.0 Å². The van der Waals surface area contributed by atoms with Crippen LogP contribution in [0.2, 0.25) is 0 Å². The minimum absolute atomic E-state index is 0.0540. The van der Waals surface area contributed by atoms with Gasteiger partial charge in [0.25, 0.3) is 0 Å². The molecule has 1 unspecified atom stereocenters. The minimum Gasteiger partial charge on any atom is -0.392 e. The van der Waals surface area contributed by atoms with Gasteiger partial charge in [-0.2, -0.15) is 0 Å². The van der Waals surface area contributed by atoms with E-state index >= 15 is 0 Å². The molecule has 0 spiro atoms. The van der Waals surface area contributed by atoms with Crippen molar-refractivity contribution < 1.29 is 13.2 Å². The number of hydrogen-bond acceptors (Lipinski definition) is 4. The number of amides is 1. The summed E-state index contributed by atoms with van der Waals surface area (Å²) in [5.74, 6) is -0.143. The molecule has 0 heterocycles. The van der Waals surface area contributed by atoms with E-state index in [4.69, 9.17) is 18.0 Å². The van der Waals surface area contributed by atoms with E-state index in [9.17, 15) is 13.2 Å². The molecule has 0 saturated carbocycles. The zero-order valence-corrected chi connectivity index (χ0v) is 11.9. The molecule has 17 heavy (non-hydrogen) atoms. The van der Waals surface area contributed by atoms with Gasteiger partial charge >= 0.3 is 0 Å². The second-order valence-corrected chi connectivity index (χ2v) is 6.20. The molecule has 0 aromatic heterocycles. The van der Waals surface area contributed by atoms with Crippen LogP contribution in [0.4, 0.5) is 0 Å². The van der Waals surface area contributed by atoms with E-state index in [0.29, 0.717) is 6.42 Å². The summed E-state index contributed by atoms with van der Waals surface area (Å²) in [7, 11) is -0.356. The summed E-state index contributed by atoms with van der Waals surface area (Å²) < 4.78 is 25.8. The van der Waals surface area contributed by atoms with Crippen molar-refractivity contribution >= 4 is 33.1 Å². The molecule has 0 rings (SSSR count). The standard InChI is InChI=1S/C9H19N3O3S2/c1-4-7(9(10)16)17(14,15)11-6-5-8(13)12(2)3/h7,11H,4-6H2,1-3H3,(H2,10,16). The van der Waals surface area contributed by atoms with Gasteiger partial charge in [0.2, 0.25) is 15.9 Å². The maximum Gasteiger partial charge on any atom is 0.223 e. The van der Waals surface area contributed by atoms with Crippen LogP contribution in [0, 0.1) is 0 Å². The number of nitrogens with two attached hydrogens (primary N) is 1. The molecule has 6 nitrogen and oxygen atoms in total. The Morgan fingerprint density at radius 3 is 2.35 bits per heavy atom. The number of hydrogen-bond donors (Lipinski definition) is 2. The Morgan fingerprint density at radius 2 is 2.00 bits per heavy atom. The first kappa shape index (κ1) is 16.3. The van der Waals surface area contributed by atoms with Crippen LogP contribution >= 0.6 is 12.2 Å². The smallest absolute Gasteiger partial charge is 0.223 e. The molecular formula is C9H19N3O3S2. The number of sulfonamides is 1. The Morgan fingerprint density at radius 1 is 1.47 bits per heavy atom. The predicted octanol–water partition coefficient (Wildman–Crippen LogP) is -0.551. The van der Waals surface area contributed by atoms with Crippen molar-refractivity contribution in [1.29, 1.82) is 0 Å². The predicted molar refractivity (Wildman–Crippen MR) is 71.1 cm³/mol. The Labute approximate surface area is 108 Å². The van der Waals surface area contributed by atoms with Crippen molar-refractivity contribution in [2.24, 2.45) is 5.73 Å². The minimum atomic E-state index is -3.58. The van der Waals surface area contributed by atoms with Crippen molar-refractivity contribution in [3.05, 3.63) is 0 Å². The quantitative estimate of drug-likeness (QED) is 0.611. The lowest BCUT2D eigenvalue weighted by Crippen LogP contribution is -2.42. The Bertz CT molecular complexity index is 379. The van der Waals surface area contributed by atoms with Crippen LogP contribution in [0.25, 0.3) is 0 Å². The summed E-state index contributed by atoms with van der Waals surface area (Å²) in [4.78, 5) is 12.6. The third-order valence-electron chi connectivity index (χ3n) is 2.20. The highest BCUT2D eigenvalue weighted by molar-refractivity contribution is 7.93. The molecule has 3 N–H and O–H groups in total. The van der Waals surface area contributed by atoms with Crippen LogP contribution in [0.3, 0.4) is 0 Å². The van der Waals surface area contributed by atoms with Gasteiger partial charge in [-0.05, 0) is 6.42 Å². The van der Waals surface area contributed by atoms with Gasteiger partial charge in [-0.25, -0.2) is 13.1 Å². The molecule has 0 radical (unpaired) electrons. The average molecular weight is 281 g/mol. The first-order chi connectivity index (χ1) is 7.72. The van der Waals surface area contributed by atoms with E-state index in [2.05, 4.69) is 4.72 Å². The fraction of sp³-hybridized carbons (Fsp3) is 0.778. The van der Waals surface area contributed by atoms with Crippen molar-refractivity contribution in [2.75, 3.05) is 20.6 Å². The SMILES string of the molecule is CCC(C(N)=S)S(=O)(=O)NCCC(=O)N(C)C. The van der Waals surface area contributed by atoms with E-state index in [-0.39, 0.29) is 23.9 Å². The molecule has 0 aromatic rings. The third-order valence-corrected chi connectivity index (χ3v) is 4.58. The first-order valence-electron chi connectivity index (χ1n) is 5.20. The molecule has 0 aromatic carbocycles. The Balaban J connectivity index is 4.37. The van der Waals surface area contributed by atoms with E-state index in [1.165, 1.54) is 4.90 Å². The summed E-state index contributed by atoms with van der Waals surface area (Å²) in [5.41, 5.74) is 5.35. The monoisotopic (exact) mass is 281 g/mol. The lowest BCUT2D eigenvalue weighted by molar-refractivity contribution is -0.128. The van der Waals surface area contributed by atoms with Gasteiger partial charge in [-0.3, -0.25) is 4.79 Å². The van der Waals surface area contributed by atoms with Gasteiger partial charge in [0.1, 0.15) is 5.25 Å². The molecule has 1 atom stereocenters. The molecule has 8 heteroatoms. The van der Waals surface area contributed by atoms with E-state index in [1.54, 1.807) is 21.0 Å². The first-order valence-corrected chi connectivity index (χ1v) is 7.15. The highest BCUT2D eigenvalue weighted by Gasteiger charge is 2.25. The van der Waals surface area contributed by atoms with Gasteiger partial charge in [0, 0.05) is 27.1 Å². The van der Waals surface area contributed by atoms with Crippen LogP contribution in [-0.4, -0.2) is 50.1 Å². The summed E-state index contributed by atoms with van der Waals surface area (Å²) in [6.07, 6.45) is 0.423. The number of carbonyl (C=O) groups excluding carboxylic acids is 1. The average Bonchev–Trinajstić information content (AvgIpc) is 2.16. The maximum absolute atomic E-state index is 11.8. The zero-order valence-electron chi connectivity index (χ0n) is 10.3. The topological polar surface area (TPSA) is 92.5 Å². The van der Waals surface area contributed by atoms with E-state index in [0.717, 1.165) is 0 Å². The van der Waals surface area contributed by atoms with Crippen LogP contribution in [0.1, 0.15) is 19.8 Å². The van der Waals surface area contributed by atoms with Crippen molar-refractivity contribution in [3.63, 3.8) is 0 Å². The lowest BCUT2D eigenvalue weighted by atomic mass is 10.3. The zero-order chi connectivity index (χ0) is 13.6. The van der Waals surface area contributed by atoms with Crippen molar-refractivity contribution in [3.8, 4) is 0 Å². The molecule has 100 valence electrons. The van der Waals surface area contributed by atoms with Crippen LogP contribution in [0.5, 0.6) is 0 Å². The van der Waals surface area contributed by atoms with Crippen LogP contribution in [-0.2, 0) is 14.8 Å². The largest absolute Gasteiger partial charge is 0.392 e. The van der Waals surface area contributed by atoms with Gasteiger partial charge in [0.05, 0.1) is 4.99 Å². The van der Waals surface area contributed by atoms with E-state index in [1.807, 2.05) is 0 Å². The summed E-state index contributed by atoms with van der Waals surface area (Å²) in [5, 5.41) is -0.882. The number of rotatable bonds is 7. The summed E-state index contributed by atoms with van der Waals surface area (Å²) in [6.45, 7) is 1.74. The molecule has 0 bridgehead atoms. The van der Waals surface area contributed by atoms with Gasteiger partial charge in [-0.1, -0.05) is 19.1 Å². The highest BCUT2D eigenvalue weighted by Crippen LogP contribution is 2.04. The molecule has 1 amide bonds. The normalized spacial score (nSPS) is 13.1. The molecule has 0 aliphatic heterocycles. The molecule has 0 saturated heterocycles. The third kappa shape index (κ3) is 5.42. The second kappa shape index (κ2) is 6.87. The molecular weight excluding hydrogens is 262 g/mol. The van der Waals surface area contributed by atoms with E-state index < -0.39 is 15.3 Å². The van der Waals surface area contributed by atoms with Crippen molar-refractivity contribution in [1.82, 2.24) is 9.62 Å². The van der Waals surface area contributed by atoms with Gasteiger partial charge in [0.15, 0.2) is 0 Å². The Hall–Kier alpha value is -0.730. The molecule has 0 fully saturated rings. The second-order valence-electron chi connectivity index (χ2n) is 3.78. The number of thiocarbonyl (C=S) groups is 1. The number of nitrogens with zero attached hydrogens (tertiary/aromatic N) is 1. The van der Waals surface area contributed by atoms with Gasteiger partial charge < -0.3 is 10.6 Å². The number of nitrogens with one attached hydrogen (secondary N) is 1. The Kier molecular flexibility index (Phi) is 6.58. The maximum atomic E-state index is 11.8. The number of carbonyl (C=O) groups is 1. The molecule has 0 aliphatic carbocycles. The van der Waals surface area contributed by atoms with Crippen LogP contribution < -0.4 is 10.5 Å². The fourth-order valence-corrected chi connectivity index (χ4v) is 3.08. The summed E-state index contributed by atoms with van der Waals surface area (Å²) in [6, 6.07) is 0. The molecule has 0 aliphatic rings.